The van der Waals surface area contributed by atoms with Crippen molar-refractivity contribution in [1.82, 2.24) is 6.15 Å². The molecule has 0 rings (SSSR count). The van der Waals surface area contributed by atoms with Crippen LogP contribution < -0.4 is 6.15 Å². The number of alkyl halides is 1. The molecule has 0 amide bonds. The first-order valence-corrected chi connectivity index (χ1v) is 4.29. The van der Waals surface area contributed by atoms with Crippen LogP contribution in [0.2, 0.25) is 0 Å². The summed E-state index contributed by atoms with van der Waals surface area (Å²) in [4.78, 5) is 0. The Morgan fingerprint density at radius 2 is 1.90 bits per heavy atom. The van der Waals surface area contributed by atoms with Crippen molar-refractivity contribution in [3.8, 4) is 0 Å². The largest absolute Gasteiger partial charge is 0.391 e. The average molecular weight is 192 g/mol. The molecule has 0 aromatic carbocycles. The molecule has 0 saturated heterocycles. The van der Waals surface area contributed by atoms with E-state index in [1.54, 1.807) is 0 Å². The standard InChI is InChI=1S/C3H7ClO4S.H3N/c4-1-3(5)2-9(6,7)8;/h3,5H,1-2H2,(H,6,7,8);1H3. The minimum absolute atomic E-state index is 0. The zero-order valence-corrected chi connectivity index (χ0v) is 6.77. The average Bonchev–Trinajstić information content (AvgIpc) is 1.62. The highest BCUT2D eigenvalue weighted by molar-refractivity contribution is 7.85. The van der Waals surface area contributed by atoms with Crippen LogP contribution in [0.1, 0.15) is 0 Å². The first kappa shape index (κ1) is 12.8. The number of hydrogen-bond acceptors (Lipinski definition) is 4. The van der Waals surface area contributed by atoms with Gasteiger partial charge in [-0.3, -0.25) is 4.55 Å². The van der Waals surface area contributed by atoms with Crippen molar-refractivity contribution >= 4 is 21.7 Å². The van der Waals surface area contributed by atoms with Gasteiger partial charge >= 0.3 is 0 Å². The van der Waals surface area contributed by atoms with E-state index < -0.39 is 22.0 Å². The van der Waals surface area contributed by atoms with Crippen LogP contribution >= 0.6 is 11.6 Å². The molecule has 7 heteroatoms. The van der Waals surface area contributed by atoms with Crippen molar-refractivity contribution in [2.45, 2.75) is 6.10 Å². The number of rotatable bonds is 3. The van der Waals surface area contributed by atoms with Gasteiger partial charge in [0.1, 0.15) is 5.75 Å². The maximum Gasteiger partial charge on any atom is 0.267 e. The molecular formula is C3H10ClNO4S. The van der Waals surface area contributed by atoms with E-state index in [-0.39, 0.29) is 12.0 Å². The van der Waals surface area contributed by atoms with E-state index in [1.807, 2.05) is 0 Å². The molecule has 0 aliphatic rings. The first-order valence-electron chi connectivity index (χ1n) is 2.15. The quantitative estimate of drug-likeness (QED) is 0.417. The van der Waals surface area contributed by atoms with Crippen LogP contribution in [0.3, 0.4) is 0 Å². The molecule has 64 valence electrons. The fraction of sp³-hybridized carbons (Fsp3) is 1.00. The summed E-state index contributed by atoms with van der Waals surface area (Å²) in [7, 11) is -4.07. The number of aliphatic hydroxyl groups excluding tert-OH is 1. The Bertz CT molecular complexity index is 167. The van der Waals surface area contributed by atoms with Crippen LogP contribution in [0, 0.1) is 0 Å². The fourth-order valence-corrected chi connectivity index (χ4v) is 1.13. The Hall–Kier alpha value is 0.120. The fourth-order valence-electron chi connectivity index (χ4n) is 0.288. The second kappa shape index (κ2) is 4.86. The first-order chi connectivity index (χ1) is 3.95. The second-order valence-corrected chi connectivity index (χ2v) is 3.36. The predicted octanol–water partition coefficient (Wildman–Crippen LogP) is -0.364. The van der Waals surface area contributed by atoms with Crippen LogP contribution in [0.4, 0.5) is 0 Å². The van der Waals surface area contributed by atoms with Crippen molar-refractivity contribution in [2.24, 2.45) is 0 Å². The van der Waals surface area contributed by atoms with Gasteiger partial charge in [0, 0.05) is 5.88 Å². The lowest BCUT2D eigenvalue weighted by molar-refractivity contribution is 0.218. The normalized spacial score (nSPS) is 13.9. The molecule has 0 aromatic heterocycles. The van der Waals surface area contributed by atoms with E-state index in [0.29, 0.717) is 0 Å². The minimum Gasteiger partial charge on any atom is -0.391 e. The Labute approximate surface area is 64.3 Å². The Morgan fingerprint density at radius 1 is 1.50 bits per heavy atom. The Balaban J connectivity index is 0. The van der Waals surface area contributed by atoms with Gasteiger partial charge in [-0.25, -0.2) is 0 Å². The van der Waals surface area contributed by atoms with Gasteiger partial charge in [0.15, 0.2) is 0 Å². The number of hydrogen-bond donors (Lipinski definition) is 3. The number of halogens is 1. The van der Waals surface area contributed by atoms with Crippen LogP contribution in [-0.4, -0.2) is 35.8 Å². The van der Waals surface area contributed by atoms with Crippen LogP contribution in [0.25, 0.3) is 0 Å². The lowest BCUT2D eigenvalue weighted by Gasteiger charge is -2.00. The topological polar surface area (TPSA) is 110 Å². The molecule has 0 aliphatic carbocycles. The molecule has 0 bridgehead atoms. The zero-order valence-electron chi connectivity index (χ0n) is 5.20. The van der Waals surface area contributed by atoms with Crippen molar-refractivity contribution in [2.75, 3.05) is 11.6 Å². The Morgan fingerprint density at radius 3 is 2.00 bits per heavy atom. The van der Waals surface area contributed by atoms with Crippen molar-refractivity contribution in [3.05, 3.63) is 0 Å². The summed E-state index contributed by atoms with van der Waals surface area (Å²) in [5.74, 6) is -0.893. The maximum atomic E-state index is 9.94. The van der Waals surface area contributed by atoms with Gasteiger partial charge in [0.05, 0.1) is 6.10 Å². The van der Waals surface area contributed by atoms with Gasteiger partial charge in [0.2, 0.25) is 0 Å². The lowest BCUT2D eigenvalue weighted by atomic mass is 10.5. The van der Waals surface area contributed by atoms with Gasteiger partial charge in [-0.1, -0.05) is 0 Å². The van der Waals surface area contributed by atoms with Crippen LogP contribution in [-0.2, 0) is 10.1 Å². The third-order valence-corrected chi connectivity index (χ3v) is 1.74. The zero-order chi connectivity index (χ0) is 7.49. The van der Waals surface area contributed by atoms with Crippen LogP contribution in [0.5, 0.6) is 0 Å². The SMILES string of the molecule is N.O=S(=O)(O)CC(O)CCl. The van der Waals surface area contributed by atoms with Crippen molar-refractivity contribution in [1.29, 1.82) is 0 Å². The molecule has 0 aliphatic heterocycles. The van der Waals surface area contributed by atoms with E-state index >= 15 is 0 Å². The summed E-state index contributed by atoms with van der Waals surface area (Å²) in [5.41, 5.74) is 0. The van der Waals surface area contributed by atoms with Crippen molar-refractivity contribution in [3.63, 3.8) is 0 Å². The minimum atomic E-state index is -4.07. The molecule has 0 saturated carbocycles. The smallest absolute Gasteiger partial charge is 0.267 e. The molecule has 5 nitrogen and oxygen atoms in total. The summed E-state index contributed by atoms with van der Waals surface area (Å²) < 4.78 is 27.9. The molecule has 0 aromatic rings. The van der Waals surface area contributed by atoms with Crippen LogP contribution in [0.15, 0.2) is 0 Å². The highest BCUT2D eigenvalue weighted by Gasteiger charge is 2.11. The van der Waals surface area contributed by atoms with Gasteiger partial charge < -0.3 is 11.3 Å². The third-order valence-electron chi connectivity index (χ3n) is 0.581. The highest BCUT2D eigenvalue weighted by Crippen LogP contribution is 1.91. The molecule has 0 fully saturated rings. The molecule has 1 atom stereocenters. The Kier molecular flexibility index (Phi) is 6.21. The summed E-state index contributed by atoms with van der Waals surface area (Å²) in [5, 5.41) is 8.52. The summed E-state index contributed by atoms with van der Waals surface area (Å²) in [6.45, 7) is 0. The number of aliphatic hydroxyl groups is 1. The van der Waals surface area contributed by atoms with Crippen molar-refractivity contribution < 1.29 is 18.1 Å². The molecular weight excluding hydrogens is 182 g/mol. The summed E-state index contributed by atoms with van der Waals surface area (Å²) in [6, 6.07) is 0. The highest BCUT2D eigenvalue weighted by atomic mass is 35.5. The summed E-state index contributed by atoms with van der Waals surface area (Å²) in [6.07, 6.45) is -1.18. The van der Waals surface area contributed by atoms with Gasteiger partial charge in [0.25, 0.3) is 10.1 Å². The van der Waals surface area contributed by atoms with Gasteiger partial charge in [-0.2, -0.15) is 8.42 Å². The summed E-state index contributed by atoms with van der Waals surface area (Å²) >= 11 is 5.03. The molecule has 0 heterocycles. The van der Waals surface area contributed by atoms with Gasteiger partial charge in [-0.05, 0) is 0 Å². The predicted molar refractivity (Wildman–Crippen MR) is 38.2 cm³/mol. The molecule has 1 unspecified atom stereocenters. The van der Waals surface area contributed by atoms with E-state index in [0.717, 1.165) is 0 Å². The monoisotopic (exact) mass is 191 g/mol. The van der Waals surface area contributed by atoms with E-state index in [4.69, 9.17) is 21.3 Å². The third kappa shape index (κ3) is 8.12. The van der Waals surface area contributed by atoms with E-state index in [2.05, 4.69) is 0 Å². The maximum absolute atomic E-state index is 9.94. The second-order valence-electron chi connectivity index (χ2n) is 1.56. The molecule has 0 radical (unpaired) electrons. The lowest BCUT2D eigenvalue weighted by Crippen LogP contribution is -2.21. The molecule has 10 heavy (non-hydrogen) atoms. The van der Waals surface area contributed by atoms with E-state index in [9.17, 15) is 8.42 Å². The molecule has 0 spiro atoms. The van der Waals surface area contributed by atoms with Gasteiger partial charge in [-0.15, -0.1) is 11.6 Å². The molecule has 5 N–H and O–H groups in total. The van der Waals surface area contributed by atoms with E-state index in [1.165, 1.54) is 0 Å².